The number of hydrogen-bond donors (Lipinski definition) is 3. The highest BCUT2D eigenvalue weighted by Crippen LogP contribution is 2.30. The zero-order chi connectivity index (χ0) is 17.4. The minimum absolute atomic E-state index is 0.137. The lowest BCUT2D eigenvalue weighted by molar-refractivity contribution is -0.130. The maximum atomic E-state index is 13.4. The second kappa shape index (κ2) is 5.93. The molecule has 0 aliphatic rings. The molecule has 3 N–H and O–H groups in total. The summed E-state index contributed by atoms with van der Waals surface area (Å²) < 4.78 is 26.6. The quantitative estimate of drug-likeness (QED) is 0.378. The third-order valence-corrected chi connectivity index (χ3v) is 3.65. The fourth-order valence-electron chi connectivity index (χ4n) is 2.22. The number of carboxylic acid groups (broad SMARTS) is 1. The van der Waals surface area contributed by atoms with Gasteiger partial charge in [0.05, 0.1) is 16.1 Å². The van der Waals surface area contributed by atoms with Gasteiger partial charge >= 0.3 is 5.97 Å². The molecule has 0 unspecified atom stereocenters. The number of benzene rings is 2. The number of imidazole rings is 1. The molecule has 0 saturated heterocycles. The fourth-order valence-corrected chi connectivity index (χ4v) is 2.46. The molecule has 122 valence electrons. The Kier molecular flexibility index (Phi) is 3.94. The Morgan fingerprint density at radius 3 is 2.46 bits per heavy atom. The molecule has 1 aromatic heterocycles. The predicted molar refractivity (Wildman–Crippen MR) is 84.5 cm³/mol. The number of carboxylic acids is 1. The highest BCUT2D eigenvalue weighted by Gasteiger charge is 2.24. The number of aliphatic hydroxyl groups is 1. The fraction of sp³-hybridized carbons (Fsp3) is 0. The number of carbonyl (C=O) groups is 1. The van der Waals surface area contributed by atoms with Gasteiger partial charge in [0, 0.05) is 5.56 Å². The van der Waals surface area contributed by atoms with Gasteiger partial charge in [0.2, 0.25) is 0 Å². The number of nitrogens with one attached hydrogen (secondary N) is 1. The average Bonchev–Trinajstić information content (AvgIpc) is 2.93. The third kappa shape index (κ3) is 2.69. The van der Waals surface area contributed by atoms with Crippen molar-refractivity contribution in [3.8, 4) is 0 Å². The molecule has 1 heterocycles. The van der Waals surface area contributed by atoms with E-state index in [-0.39, 0.29) is 16.4 Å². The van der Waals surface area contributed by atoms with Crippen LogP contribution in [-0.2, 0) is 4.79 Å². The van der Waals surface area contributed by atoms with Crippen LogP contribution in [0.2, 0.25) is 5.02 Å². The van der Waals surface area contributed by atoms with E-state index in [2.05, 4.69) is 9.97 Å². The van der Waals surface area contributed by atoms with Crippen LogP contribution in [0.3, 0.4) is 0 Å². The zero-order valence-electron chi connectivity index (χ0n) is 11.8. The molecule has 0 bridgehead atoms. The molecule has 0 fully saturated rings. The number of aliphatic carboxylic acids is 1. The maximum absolute atomic E-state index is 13.4. The first kappa shape index (κ1) is 15.9. The van der Waals surface area contributed by atoms with Gasteiger partial charge in [-0.05, 0) is 24.3 Å². The molecule has 3 aromatic rings. The van der Waals surface area contributed by atoms with E-state index in [0.717, 1.165) is 0 Å². The van der Waals surface area contributed by atoms with Crippen LogP contribution in [0.5, 0.6) is 0 Å². The molecular formula is C16H9ClF2N2O3. The molecule has 0 aliphatic heterocycles. The van der Waals surface area contributed by atoms with E-state index in [0.29, 0.717) is 23.2 Å². The Bertz CT molecular complexity index is 965. The highest BCUT2D eigenvalue weighted by molar-refractivity contribution is 6.33. The Labute approximate surface area is 138 Å². The maximum Gasteiger partial charge on any atom is 0.343 e. The van der Waals surface area contributed by atoms with Gasteiger partial charge in [0.1, 0.15) is 17.2 Å². The second-order valence-electron chi connectivity index (χ2n) is 4.88. The topological polar surface area (TPSA) is 86.2 Å². The van der Waals surface area contributed by atoms with Gasteiger partial charge in [-0.15, -0.1) is 0 Å². The number of fused-ring (bicyclic) bond motifs is 1. The van der Waals surface area contributed by atoms with Gasteiger partial charge in [-0.1, -0.05) is 23.7 Å². The van der Waals surface area contributed by atoms with E-state index < -0.39 is 28.9 Å². The number of rotatable bonds is 3. The lowest BCUT2D eigenvalue weighted by Crippen LogP contribution is -2.06. The van der Waals surface area contributed by atoms with E-state index in [9.17, 15) is 23.8 Å². The summed E-state index contributed by atoms with van der Waals surface area (Å²) in [6, 6.07) is 8.03. The Hall–Kier alpha value is -2.93. The van der Waals surface area contributed by atoms with Crippen LogP contribution in [0.1, 0.15) is 11.4 Å². The van der Waals surface area contributed by atoms with Crippen LogP contribution < -0.4 is 0 Å². The van der Waals surface area contributed by atoms with Crippen molar-refractivity contribution in [1.29, 1.82) is 0 Å². The molecule has 0 saturated carbocycles. The van der Waals surface area contributed by atoms with Gasteiger partial charge in [-0.2, -0.15) is 0 Å². The first-order valence-corrected chi connectivity index (χ1v) is 7.03. The summed E-state index contributed by atoms with van der Waals surface area (Å²) in [6.07, 6.45) is 0. The van der Waals surface area contributed by atoms with Gasteiger partial charge in [0.25, 0.3) is 0 Å². The zero-order valence-corrected chi connectivity index (χ0v) is 12.6. The summed E-state index contributed by atoms with van der Waals surface area (Å²) in [5.41, 5.74) is 0.0680. The smallest absolute Gasteiger partial charge is 0.343 e. The van der Waals surface area contributed by atoms with Crippen LogP contribution in [0.25, 0.3) is 22.4 Å². The normalized spacial score (nSPS) is 12.3. The third-order valence-electron chi connectivity index (χ3n) is 3.34. The van der Waals surface area contributed by atoms with Crippen LogP contribution >= 0.6 is 11.6 Å². The van der Waals surface area contributed by atoms with Crippen LogP contribution in [0, 0.1) is 11.6 Å². The second-order valence-corrected chi connectivity index (χ2v) is 5.28. The van der Waals surface area contributed by atoms with Crippen molar-refractivity contribution in [2.24, 2.45) is 0 Å². The molecular weight excluding hydrogens is 342 g/mol. The summed E-state index contributed by atoms with van der Waals surface area (Å²) in [5.74, 6) is -4.95. The molecule has 0 aliphatic carbocycles. The van der Waals surface area contributed by atoms with Crippen molar-refractivity contribution >= 4 is 39.9 Å². The number of halogens is 3. The number of aromatic nitrogens is 2. The molecule has 8 heteroatoms. The summed E-state index contributed by atoms with van der Waals surface area (Å²) in [7, 11) is 0. The van der Waals surface area contributed by atoms with Crippen molar-refractivity contribution in [2.45, 2.75) is 0 Å². The molecule has 24 heavy (non-hydrogen) atoms. The molecule has 0 atom stereocenters. The molecule has 0 amide bonds. The van der Waals surface area contributed by atoms with Crippen LogP contribution in [0.15, 0.2) is 36.4 Å². The number of H-pyrrole nitrogens is 1. The van der Waals surface area contributed by atoms with Gasteiger partial charge < -0.3 is 15.2 Å². The lowest BCUT2D eigenvalue weighted by Gasteiger charge is -2.08. The van der Waals surface area contributed by atoms with E-state index in [4.69, 9.17) is 11.6 Å². The number of aromatic amines is 1. The van der Waals surface area contributed by atoms with Crippen molar-refractivity contribution in [1.82, 2.24) is 9.97 Å². The molecule has 2 aromatic carbocycles. The van der Waals surface area contributed by atoms with Crippen LogP contribution in [-0.4, -0.2) is 26.2 Å². The molecule has 5 nitrogen and oxygen atoms in total. The number of hydrogen-bond acceptors (Lipinski definition) is 3. The van der Waals surface area contributed by atoms with Gasteiger partial charge in [-0.3, -0.25) is 0 Å². The lowest BCUT2D eigenvalue weighted by atomic mass is 10.1. The Balaban J connectivity index is 2.25. The minimum atomic E-state index is -1.51. The minimum Gasteiger partial charge on any atom is -0.506 e. The average molecular weight is 351 g/mol. The predicted octanol–water partition coefficient (Wildman–Crippen LogP) is 4.01. The standard InChI is InChI=1S/C16H9ClF2N2O3/c17-8-6-10(19)9(18)5-7(8)14(22)13(16(23)24)15-20-11-3-1-2-4-12(11)21-15/h1-6,22H,(H,20,21)(H,23,24). The van der Waals surface area contributed by atoms with Crippen molar-refractivity contribution in [3.05, 3.63) is 64.4 Å². The van der Waals surface area contributed by atoms with E-state index in [1.54, 1.807) is 24.3 Å². The monoisotopic (exact) mass is 350 g/mol. The largest absolute Gasteiger partial charge is 0.506 e. The van der Waals surface area contributed by atoms with Crippen LogP contribution in [0.4, 0.5) is 8.78 Å². The van der Waals surface area contributed by atoms with Gasteiger partial charge in [0.15, 0.2) is 11.6 Å². The highest BCUT2D eigenvalue weighted by atomic mass is 35.5. The summed E-state index contributed by atoms with van der Waals surface area (Å²) >= 11 is 5.79. The SMILES string of the molecule is O=C(O)C(=C(O)c1cc(F)c(F)cc1Cl)c1nc2ccccc2[nH]1. The van der Waals surface area contributed by atoms with Crippen molar-refractivity contribution in [2.75, 3.05) is 0 Å². The first-order chi connectivity index (χ1) is 11.4. The van der Waals surface area contributed by atoms with Crippen molar-refractivity contribution < 1.29 is 23.8 Å². The first-order valence-electron chi connectivity index (χ1n) is 6.65. The number of aliphatic hydroxyl groups excluding tert-OH is 1. The summed E-state index contributed by atoms with van der Waals surface area (Å²) in [5, 5.41) is 19.4. The Morgan fingerprint density at radius 2 is 1.79 bits per heavy atom. The Morgan fingerprint density at radius 1 is 1.12 bits per heavy atom. The van der Waals surface area contributed by atoms with E-state index in [1.807, 2.05) is 0 Å². The van der Waals surface area contributed by atoms with E-state index in [1.165, 1.54) is 0 Å². The van der Waals surface area contributed by atoms with E-state index >= 15 is 0 Å². The van der Waals surface area contributed by atoms with Crippen molar-refractivity contribution in [3.63, 3.8) is 0 Å². The van der Waals surface area contributed by atoms with Gasteiger partial charge in [-0.25, -0.2) is 18.6 Å². The summed E-state index contributed by atoms with van der Waals surface area (Å²) in [4.78, 5) is 18.4. The number of nitrogens with zero attached hydrogens (tertiary/aromatic N) is 1. The summed E-state index contributed by atoms with van der Waals surface area (Å²) in [6.45, 7) is 0. The molecule has 0 radical (unpaired) electrons. The number of para-hydroxylation sites is 2. The molecule has 0 spiro atoms. The molecule has 3 rings (SSSR count).